The number of aliphatic hydroxyl groups is 1. The van der Waals surface area contributed by atoms with Crippen molar-refractivity contribution in [3.05, 3.63) is 80.5 Å². The van der Waals surface area contributed by atoms with E-state index in [4.69, 9.17) is 16.3 Å². The van der Waals surface area contributed by atoms with E-state index >= 15 is 0 Å². The Labute approximate surface area is 208 Å². The van der Waals surface area contributed by atoms with Crippen molar-refractivity contribution in [1.29, 1.82) is 0 Å². The Bertz CT molecular complexity index is 1400. The van der Waals surface area contributed by atoms with Crippen molar-refractivity contribution in [2.45, 2.75) is 19.9 Å². The van der Waals surface area contributed by atoms with Gasteiger partial charge in [0.15, 0.2) is 5.13 Å². The number of Topliss-reactive ketones (excluding diaryl/α,β-unsaturated/α-hetero) is 1. The van der Waals surface area contributed by atoms with E-state index < -0.39 is 17.7 Å². The number of ether oxygens (including phenoxy) is 1. The van der Waals surface area contributed by atoms with Crippen molar-refractivity contribution in [2.24, 2.45) is 0 Å². The molecule has 1 amide bonds. The van der Waals surface area contributed by atoms with Gasteiger partial charge in [-0.1, -0.05) is 29.0 Å². The van der Waals surface area contributed by atoms with E-state index in [0.29, 0.717) is 33.6 Å². The number of thiazole rings is 1. The van der Waals surface area contributed by atoms with Crippen molar-refractivity contribution in [1.82, 2.24) is 4.98 Å². The largest absolute Gasteiger partial charge is 0.507 e. The van der Waals surface area contributed by atoms with Gasteiger partial charge in [-0.05, 0) is 67.3 Å². The van der Waals surface area contributed by atoms with Gasteiger partial charge in [-0.25, -0.2) is 4.98 Å². The number of ketones is 1. The summed E-state index contributed by atoms with van der Waals surface area (Å²) in [6, 6.07) is 13.3. The minimum atomic E-state index is -0.788. The molecular formula is C25H19ClN2O4S2. The summed E-state index contributed by atoms with van der Waals surface area (Å²) in [5.74, 6) is -1.06. The number of thiophene rings is 1. The van der Waals surface area contributed by atoms with Crippen LogP contribution in [0.25, 0.3) is 16.0 Å². The van der Waals surface area contributed by atoms with Crippen LogP contribution < -0.4 is 9.64 Å². The van der Waals surface area contributed by atoms with Crippen LogP contribution in [0.2, 0.25) is 5.02 Å². The first-order chi connectivity index (χ1) is 16.4. The number of aromatic nitrogens is 1. The first-order valence-electron chi connectivity index (χ1n) is 10.5. The highest BCUT2D eigenvalue weighted by atomic mass is 35.5. The average Bonchev–Trinajstić information content (AvgIpc) is 3.54. The molecule has 0 bridgehead atoms. The fraction of sp³-hybridized carbons (Fsp3) is 0.160. The zero-order valence-electron chi connectivity index (χ0n) is 18.2. The van der Waals surface area contributed by atoms with Crippen molar-refractivity contribution < 1.29 is 19.4 Å². The second kappa shape index (κ2) is 8.87. The standard InChI is InChI=1S/C25H19ClN2O4S2/c1-3-32-15-8-6-14(7-9-15)22(29)20-21(18-5-4-10-33-18)28(24(31)23(20)30)25-27-17-12-16(26)13(2)11-19(17)34-25/h4-12,21,29H,3H2,1-2H3/b22-20+. The van der Waals surface area contributed by atoms with Crippen LogP contribution in [0.1, 0.15) is 29.0 Å². The third-order valence-electron chi connectivity index (χ3n) is 5.56. The second-order valence-corrected chi connectivity index (χ2v) is 10.1. The number of rotatable bonds is 5. The molecule has 1 fully saturated rings. The SMILES string of the molecule is CCOc1ccc(/C(O)=C2\C(=O)C(=O)N(c3nc4cc(Cl)c(C)cc4s3)C2c2cccs2)cc1. The average molecular weight is 511 g/mol. The normalized spacial score (nSPS) is 17.6. The first-order valence-corrected chi connectivity index (χ1v) is 12.6. The monoisotopic (exact) mass is 510 g/mol. The molecule has 3 heterocycles. The number of carbonyl (C=O) groups is 2. The fourth-order valence-electron chi connectivity index (χ4n) is 3.92. The summed E-state index contributed by atoms with van der Waals surface area (Å²) in [4.78, 5) is 33.2. The molecule has 34 heavy (non-hydrogen) atoms. The highest BCUT2D eigenvalue weighted by Crippen LogP contribution is 2.45. The Morgan fingerprint density at radius 1 is 1.21 bits per heavy atom. The van der Waals surface area contributed by atoms with Gasteiger partial charge >= 0.3 is 5.91 Å². The number of benzene rings is 2. The number of aliphatic hydroxyl groups excluding tert-OH is 1. The summed E-state index contributed by atoms with van der Waals surface area (Å²) in [6.07, 6.45) is 0. The third-order valence-corrected chi connectivity index (χ3v) is 7.91. The third kappa shape index (κ3) is 3.77. The predicted octanol–water partition coefficient (Wildman–Crippen LogP) is 6.34. The van der Waals surface area contributed by atoms with Crippen LogP contribution in [0.15, 0.2) is 59.5 Å². The minimum absolute atomic E-state index is 0.0325. The number of hydrogen-bond acceptors (Lipinski definition) is 7. The quantitative estimate of drug-likeness (QED) is 0.192. The Kier molecular flexibility index (Phi) is 5.89. The second-order valence-electron chi connectivity index (χ2n) is 7.71. The van der Waals surface area contributed by atoms with Gasteiger partial charge in [-0.2, -0.15) is 0 Å². The molecule has 0 aliphatic carbocycles. The smallest absolute Gasteiger partial charge is 0.301 e. The summed E-state index contributed by atoms with van der Waals surface area (Å²) >= 11 is 8.98. The zero-order chi connectivity index (χ0) is 24.0. The lowest BCUT2D eigenvalue weighted by molar-refractivity contribution is -0.132. The van der Waals surface area contributed by atoms with Gasteiger partial charge in [0, 0.05) is 15.5 Å². The maximum absolute atomic E-state index is 13.3. The van der Waals surface area contributed by atoms with Gasteiger partial charge in [0.25, 0.3) is 5.78 Å². The van der Waals surface area contributed by atoms with Crippen molar-refractivity contribution in [3.63, 3.8) is 0 Å². The van der Waals surface area contributed by atoms with E-state index in [2.05, 4.69) is 4.98 Å². The molecule has 1 saturated heterocycles. The number of hydrogen-bond donors (Lipinski definition) is 1. The maximum atomic E-state index is 13.3. The van der Waals surface area contributed by atoms with E-state index in [1.54, 1.807) is 30.3 Å². The molecule has 9 heteroatoms. The molecule has 0 radical (unpaired) electrons. The zero-order valence-corrected chi connectivity index (χ0v) is 20.6. The number of halogens is 1. The van der Waals surface area contributed by atoms with E-state index in [-0.39, 0.29) is 11.3 Å². The Balaban J connectivity index is 1.66. The fourth-order valence-corrected chi connectivity index (χ4v) is 5.97. The molecule has 1 aliphatic rings. The van der Waals surface area contributed by atoms with E-state index in [9.17, 15) is 14.7 Å². The van der Waals surface area contributed by atoms with Gasteiger partial charge in [0.05, 0.1) is 22.4 Å². The van der Waals surface area contributed by atoms with Crippen LogP contribution in [-0.2, 0) is 9.59 Å². The molecule has 6 nitrogen and oxygen atoms in total. The number of nitrogens with zero attached hydrogens (tertiary/aromatic N) is 2. The molecule has 2 aromatic carbocycles. The van der Waals surface area contributed by atoms with Gasteiger partial charge in [-0.3, -0.25) is 14.5 Å². The van der Waals surface area contributed by atoms with Gasteiger partial charge in [0.2, 0.25) is 0 Å². The molecule has 1 aliphatic heterocycles. The lowest BCUT2D eigenvalue weighted by Gasteiger charge is -2.21. The molecule has 0 spiro atoms. The van der Waals surface area contributed by atoms with Crippen LogP contribution >= 0.6 is 34.3 Å². The van der Waals surface area contributed by atoms with E-state index in [0.717, 1.165) is 15.1 Å². The van der Waals surface area contributed by atoms with E-state index in [1.807, 2.05) is 37.4 Å². The predicted molar refractivity (Wildman–Crippen MR) is 136 cm³/mol. The Morgan fingerprint density at radius 2 is 1.97 bits per heavy atom. The molecular weight excluding hydrogens is 492 g/mol. The van der Waals surface area contributed by atoms with Crippen LogP contribution in [-0.4, -0.2) is 28.4 Å². The van der Waals surface area contributed by atoms with Gasteiger partial charge < -0.3 is 9.84 Å². The van der Waals surface area contributed by atoms with Crippen molar-refractivity contribution >= 4 is 67.1 Å². The van der Waals surface area contributed by atoms with Crippen LogP contribution in [0.4, 0.5) is 5.13 Å². The molecule has 172 valence electrons. The molecule has 1 unspecified atom stereocenters. The summed E-state index contributed by atoms with van der Waals surface area (Å²) in [5.41, 5.74) is 2.01. The van der Waals surface area contributed by atoms with Crippen LogP contribution in [0, 0.1) is 6.92 Å². The molecule has 4 aromatic rings. The highest BCUT2D eigenvalue weighted by molar-refractivity contribution is 7.22. The molecule has 0 saturated carbocycles. The Hall–Kier alpha value is -3.20. The molecule has 1 N–H and O–H groups in total. The topological polar surface area (TPSA) is 79.7 Å². The summed E-state index contributed by atoms with van der Waals surface area (Å²) in [6.45, 7) is 4.30. The molecule has 5 rings (SSSR count). The molecule has 1 atom stereocenters. The van der Waals surface area contributed by atoms with Gasteiger partial charge in [-0.15, -0.1) is 11.3 Å². The first kappa shape index (κ1) is 22.6. The molecule has 2 aromatic heterocycles. The number of aryl methyl sites for hydroxylation is 1. The summed E-state index contributed by atoms with van der Waals surface area (Å²) in [5, 5.41) is 14.0. The number of anilines is 1. The lowest BCUT2D eigenvalue weighted by Crippen LogP contribution is -2.28. The van der Waals surface area contributed by atoms with Gasteiger partial charge in [0.1, 0.15) is 17.6 Å². The Morgan fingerprint density at radius 3 is 2.65 bits per heavy atom. The lowest BCUT2D eigenvalue weighted by atomic mass is 10.00. The summed E-state index contributed by atoms with van der Waals surface area (Å²) in [7, 11) is 0. The number of carbonyl (C=O) groups excluding carboxylic acids is 2. The highest BCUT2D eigenvalue weighted by Gasteiger charge is 2.48. The number of amides is 1. The minimum Gasteiger partial charge on any atom is -0.507 e. The van der Waals surface area contributed by atoms with E-state index in [1.165, 1.54) is 27.6 Å². The van der Waals surface area contributed by atoms with Crippen molar-refractivity contribution in [2.75, 3.05) is 11.5 Å². The van der Waals surface area contributed by atoms with Crippen LogP contribution in [0.3, 0.4) is 0 Å². The van der Waals surface area contributed by atoms with Crippen molar-refractivity contribution in [3.8, 4) is 5.75 Å². The number of fused-ring (bicyclic) bond motifs is 1. The maximum Gasteiger partial charge on any atom is 0.301 e. The summed E-state index contributed by atoms with van der Waals surface area (Å²) < 4.78 is 6.32. The van der Waals surface area contributed by atoms with Crippen LogP contribution in [0.5, 0.6) is 5.75 Å².